The Balaban J connectivity index is 1.62. The van der Waals surface area contributed by atoms with E-state index in [9.17, 15) is 0 Å². The van der Waals surface area contributed by atoms with Gasteiger partial charge in [-0.25, -0.2) is 4.98 Å². The lowest BCUT2D eigenvalue weighted by Crippen LogP contribution is -2.17. The van der Waals surface area contributed by atoms with E-state index in [1.165, 1.54) is 42.4 Å². The Hall–Kier alpha value is -3.07. The molecule has 0 fully saturated rings. The zero-order valence-corrected chi connectivity index (χ0v) is 21.0. The first-order valence-electron chi connectivity index (χ1n) is 13.0. The van der Waals surface area contributed by atoms with Crippen LogP contribution in [0.3, 0.4) is 0 Å². The second-order valence-corrected chi connectivity index (χ2v) is 9.51. The zero-order valence-electron chi connectivity index (χ0n) is 21.0. The molecular formula is C31H39N3. The number of anilines is 1. The van der Waals surface area contributed by atoms with Gasteiger partial charge in [0.15, 0.2) is 0 Å². The molecule has 2 unspecified atom stereocenters. The van der Waals surface area contributed by atoms with Crippen LogP contribution in [-0.2, 0) is 19.9 Å². The number of hydrogen-bond acceptors (Lipinski definition) is 2. The zero-order chi connectivity index (χ0) is 23.8. The van der Waals surface area contributed by atoms with Crippen molar-refractivity contribution in [3.63, 3.8) is 0 Å². The number of aryl methyl sites for hydroxylation is 3. The SMILES string of the molecule is CCCCc1ccc(NC(c2ccc(CCCC)cc2)c2nc(C3C=CC=CC3)cn2C)cc1. The smallest absolute Gasteiger partial charge is 0.136 e. The summed E-state index contributed by atoms with van der Waals surface area (Å²) in [5.41, 5.74) is 6.32. The number of allylic oxidation sites excluding steroid dienone is 4. The first kappa shape index (κ1) is 24.1. The fraction of sp³-hybridized carbons (Fsp3) is 0.387. The molecule has 3 aromatic rings. The normalized spacial score (nSPS) is 16.0. The first-order valence-corrected chi connectivity index (χ1v) is 13.0. The molecule has 0 aliphatic heterocycles. The molecule has 1 N–H and O–H groups in total. The number of nitrogens with one attached hydrogen (secondary N) is 1. The van der Waals surface area contributed by atoms with Crippen LogP contribution in [0.5, 0.6) is 0 Å². The van der Waals surface area contributed by atoms with Crippen molar-refractivity contribution in [1.29, 1.82) is 0 Å². The molecule has 1 aliphatic carbocycles. The van der Waals surface area contributed by atoms with Gasteiger partial charge < -0.3 is 9.88 Å². The topological polar surface area (TPSA) is 29.9 Å². The van der Waals surface area contributed by atoms with Gasteiger partial charge in [0.1, 0.15) is 11.9 Å². The van der Waals surface area contributed by atoms with Crippen LogP contribution in [0, 0.1) is 0 Å². The average molecular weight is 454 g/mol. The van der Waals surface area contributed by atoms with Crippen molar-refractivity contribution in [2.75, 3.05) is 5.32 Å². The summed E-state index contributed by atoms with van der Waals surface area (Å²) in [6, 6.07) is 18.0. The molecule has 178 valence electrons. The van der Waals surface area contributed by atoms with Crippen LogP contribution in [0.25, 0.3) is 0 Å². The molecule has 0 saturated heterocycles. The van der Waals surface area contributed by atoms with E-state index >= 15 is 0 Å². The van der Waals surface area contributed by atoms with E-state index in [0.717, 1.165) is 36.5 Å². The molecule has 1 aromatic heterocycles. The Morgan fingerprint density at radius 1 is 0.912 bits per heavy atom. The molecule has 34 heavy (non-hydrogen) atoms. The fourth-order valence-corrected chi connectivity index (χ4v) is 4.62. The molecule has 3 heteroatoms. The number of benzene rings is 2. The maximum absolute atomic E-state index is 5.15. The average Bonchev–Trinajstić information content (AvgIpc) is 3.27. The standard InChI is InChI=1S/C31H39N3/c1-4-6-11-24-15-19-27(20-16-24)30(32-28-21-17-25(18-22-28)12-7-5-2)31-33-29(23-34(31)3)26-13-9-8-10-14-26/h8-10,13,15-23,26,30,32H,4-7,11-12,14H2,1-3H3. The Labute approximate surface area is 205 Å². The molecule has 0 amide bonds. The minimum atomic E-state index is -0.0106. The molecule has 4 rings (SSSR count). The van der Waals surface area contributed by atoms with Crippen molar-refractivity contribution in [1.82, 2.24) is 9.55 Å². The van der Waals surface area contributed by atoms with E-state index in [0.29, 0.717) is 5.92 Å². The van der Waals surface area contributed by atoms with Gasteiger partial charge in [-0.05, 0) is 60.9 Å². The van der Waals surface area contributed by atoms with Crippen molar-refractivity contribution in [2.24, 2.45) is 7.05 Å². The van der Waals surface area contributed by atoms with E-state index < -0.39 is 0 Å². The number of aromatic nitrogens is 2. The van der Waals surface area contributed by atoms with Gasteiger partial charge in [-0.1, -0.05) is 87.4 Å². The van der Waals surface area contributed by atoms with Crippen molar-refractivity contribution in [3.8, 4) is 0 Å². The van der Waals surface area contributed by atoms with Crippen LogP contribution in [-0.4, -0.2) is 9.55 Å². The molecule has 0 saturated carbocycles. The summed E-state index contributed by atoms with van der Waals surface area (Å²) < 4.78 is 2.19. The molecule has 3 nitrogen and oxygen atoms in total. The summed E-state index contributed by atoms with van der Waals surface area (Å²) in [6.45, 7) is 4.49. The highest BCUT2D eigenvalue weighted by molar-refractivity contribution is 5.49. The van der Waals surface area contributed by atoms with Gasteiger partial charge >= 0.3 is 0 Å². The summed E-state index contributed by atoms with van der Waals surface area (Å²) in [5.74, 6) is 1.40. The molecule has 0 bridgehead atoms. The molecule has 0 spiro atoms. The molecule has 0 radical (unpaired) electrons. The largest absolute Gasteiger partial charge is 0.372 e. The maximum Gasteiger partial charge on any atom is 0.136 e. The van der Waals surface area contributed by atoms with Crippen LogP contribution in [0.2, 0.25) is 0 Å². The molecule has 1 aliphatic rings. The Morgan fingerprint density at radius 3 is 2.15 bits per heavy atom. The Morgan fingerprint density at radius 2 is 1.56 bits per heavy atom. The van der Waals surface area contributed by atoms with E-state index in [2.05, 4.69) is 110 Å². The highest BCUT2D eigenvalue weighted by Crippen LogP contribution is 2.30. The fourth-order valence-electron chi connectivity index (χ4n) is 4.62. The van der Waals surface area contributed by atoms with Crippen LogP contribution in [0.4, 0.5) is 5.69 Å². The van der Waals surface area contributed by atoms with E-state index in [4.69, 9.17) is 4.98 Å². The summed E-state index contributed by atoms with van der Waals surface area (Å²) in [6.07, 6.45) is 19.1. The van der Waals surface area contributed by atoms with E-state index in [-0.39, 0.29) is 6.04 Å². The van der Waals surface area contributed by atoms with Crippen LogP contribution < -0.4 is 5.32 Å². The van der Waals surface area contributed by atoms with Gasteiger partial charge in [-0.3, -0.25) is 0 Å². The second kappa shape index (κ2) is 11.9. The van der Waals surface area contributed by atoms with E-state index in [1.807, 2.05) is 0 Å². The van der Waals surface area contributed by atoms with Gasteiger partial charge in [0.2, 0.25) is 0 Å². The highest BCUT2D eigenvalue weighted by Gasteiger charge is 2.22. The lowest BCUT2D eigenvalue weighted by molar-refractivity contribution is 0.744. The third-order valence-corrected chi connectivity index (χ3v) is 6.77. The van der Waals surface area contributed by atoms with Crippen LogP contribution in [0.15, 0.2) is 79.0 Å². The van der Waals surface area contributed by atoms with Crippen molar-refractivity contribution >= 4 is 5.69 Å². The number of nitrogens with zero attached hydrogens (tertiary/aromatic N) is 2. The monoisotopic (exact) mass is 453 g/mol. The Kier molecular flexibility index (Phi) is 8.41. The van der Waals surface area contributed by atoms with Gasteiger partial charge in [0, 0.05) is 24.8 Å². The van der Waals surface area contributed by atoms with Crippen molar-refractivity contribution in [3.05, 3.63) is 107 Å². The Bertz CT molecular complexity index is 1090. The van der Waals surface area contributed by atoms with Crippen LogP contribution >= 0.6 is 0 Å². The van der Waals surface area contributed by atoms with Gasteiger partial charge in [-0.15, -0.1) is 0 Å². The molecule has 1 heterocycles. The summed E-state index contributed by atoms with van der Waals surface area (Å²) >= 11 is 0. The quantitative estimate of drug-likeness (QED) is 0.320. The third kappa shape index (κ3) is 6.08. The third-order valence-electron chi connectivity index (χ3n) is 6.77. The number of imidazole rings is 1. The molecular weight excluding hydrogens is 414 g/mol. The summed E-state index contributed by atoms with van der Waals surface area (Å²) in [7, 11) is 2.12. The summed E-state index contributed by atoms with van der Waals surface area (Å²) in [5, 5.41) is 3.80. The number of rotatable bonds is 11. The minimum Gasteiger partial charge on any atom is -0.372 e. The summed E-state index contributed by atoms with van der Waals surface area (Å²) in [4.78, 5) is 5.15. The van der Waals surface area contributed by atoms with Gasteiger partial charge in [0.05, 0.1) is 5.69 Å². The predicted molar refractivity (Wildman–Crippen MR) is 144 cm³/mol. The second-order valence-electron chi connectivity index (χ2n) is 9.51. The molecule has 2 aromatic carbocycles. The number of unbranched alkanes of at least 4 members (excludes halogenated alkanes) is 2. The number of hydrogen-bond donors (Lipinski definition) is 1. The van der Waals surface area contributed by atoms with Crippen LogP contribution in [0.1, 0.15) is 86.1 Å². The first-order chi connectivity index (χ1) is 16.7. The van der Waals surface area contributed by atoms with Crippen molar-refractivity contribution in [2.45, 2.75) is 70.8 Å². The lowest BCUT2D eigenvalue weighted by Gasteiger charge is -2.21. The highest BCUT2D eigenvalue weighted by atomic mass is 15.1. The van der Waals surface area contributed by atoms with Gasteiger partial charge in [-0.2, -0.15) is 0 Å². The van der Waals surface area contributed by atoms with Crippen molar-refractivity contribution < 1.29 is 0 Å². The van der Waals surface area contributed by atoms with E-state index in [1.54, 1.807) is 0 Å². The minimum absolute atomic E-state index is 0.0106. The lowest BCUT2D eigenvalue weighted by atomic mass is 9.98. The molecule has 2 atom stereocenters. The van der Waals surface area contributed by atoms with Gasteiger partial charge in [0.25, 0.3) is 0 Å². The predicted octanol–water partition coefficient (Wildman–Crippen LogP) is 7.91. The maximum atomic E-state index is 5.15.